The third-order valence-electron chi connectivity index (χ3n) is 2.75. The molecule has 0 saturated heterocycles. The van der Waals surface area contributed by atoms with Gasteiger partial charge in [0.1, 0.15) is 11.7 Å². The van der Waals surface area contributed by atoms with E-state index in [-0.39, 0.29) is 5.56 Å². The Kier molecular flexibility index (Phi) is 4.69. The van der Waals surface area contributed by atoms with E-state index in [4.69, 9.17) is 0 Å². The topological polar surface area (TPSA) is 40.9 Å². The highest BCUT2D eigenvalue weighted by atomic mass is 79.9. The number of hydrogen-bond donors (Lipinski definition) is 0. The Hall–Kier alpha value is -1.51. The predicted molar refractivity (Wildman–Crippen MR) is 80.9 cm³/mol. The monoisotopic (exact) mass is 395 g/mol. The van der Waals surface area contributed by atoms with Gasteiger partial charge in [0.15, 0.2) is 5.78 Å². The van der Waals surface area contributed by atoms with Gasteiger partial charge in [-0.25, -0.2) is 4.39 Å². The minimum atomic E-state index is -0.973. The van der Waals surface area contributed by atoms with E-state index >= 15 is 0 Å². The minimum Gasteiger partial charge on any atom is -0.292 e. The zero-order valence-corrected chi connectivity index (χ0v) is 13.3. The average Bonchev–Trinajstić information content (AvgIpc) is 2.40. The molecule has 2 rings (SSSR count). The van der Waals surface area contributed by atoms with Crippen molar-refractivity contribution in [2.45, 2.75) is 5.92 Å². The molecule has 0 fully saturated rings. The summed E-state index contributed by atoms with van der Waals surface area (Å²) in [7, 11) is 0. The number of nitriles is 1. The van der Waals surface area contributed by atoms with Gasteiger partial charge < -0.3 is 0 Å². The van der Waals surface area contributed by atoms with E-state index in [2.05, 4.69) is 31.9 Å². The zero-order valence-electron chi connectivity index (χ0n) is 10.1. The standard InChI is InChI=1S/C15H8Br2FNO/c16-10-5-9(6-11(18)7-10)15(20)13(8-19)12-3-1-2-4-14(12)17/h1-7,13H. The number of ketones is 1. The smallest absolute Gasteiger partial charge is 0.184 e. The molecule has 2 nitrogen and oxygen atoms in total. The quantitative estimate of drug-likeness (QED) is 0.696. The van der Waals surface area contributed by atoms with E-state index in [0.717, 1.165) is 6.07 Å². The molecule has 0 bridgehead atoms. The SMILES string of the molecule is N#CC(C(=O)c1cc(F)cc(Br)c1)c1ccccc1Br. The van der Waals surface area contributed by atoms with Crippen molar-refractivity contribution >= 4 is 37.6 Å². The molecule has 1 atom stereocenters. The lowest BCUT2D eigenvalue weighted by Crippen LogP contribution is -2.12. The summed E-state index contributed by atoms with van der Waals surface area (Å²) in [5.41, 5.74) is 0.736. The molecule has 0 aliphatic heterocycles. The van der Waals surface area contributed by atoms with Crippen LogP contribution in [-0.4, -0.2) is 5.78 Å². The summed E-state index contributed by atoms with van der Waals surface area (Å²) in [6, 6.07) is 12.9. The van der Waals surface area contributed by atoms with Crippen LogP contribution in [0.25, 0.3) is 0 Å². The average molecular weight is 397 g/mol. The summed E-state index contributed by atoms with van der Waals surface area (Å²) < 4.78 is 14.5. The highest BCUT2D eigenvalue weighted by Gasteiger charge is 2.24. The van der Waals surface area contributed by atoms with Crippen LogP contribution in [0.2, 0.25) is 0 Å². The first-order valence-electron chi connectivity index (χ1n) is 5.67. The van der Waals surface area contributed by atoms with Gasteiger partial charge in [0, 0.05) is 14.5 Å². The van der Waals surface area contributed by atoms with E-state index < -0.39 is 17.5 Å². The van der Waals surface area contributed by atoms with E-state index in [9.17, 15) is 14.4 Å². The molecule has 20 heavy (non-hydrogen) atoms. The number of rotatable bonds is 3. The summed E-state index contributed by atoms with van der Waals surface area (Å²) >= 11 is 6.46. The maximum atomic E-state index is 13.4. The lowest BCUT2D eigenvalue weighted by atomic mass is 9.92. The Labute approximate surface area is 132 Å². The van der Waals surface area contributed by atoms with Crippen LogP contribution in [0.4, 0.5) is 4.39 Å². The third kappa shape index (κ3) is 3.14. The van der Waals surface area contributed by atoms with Crippen LogP contribution in [0.1, 0.15) is 21.8 Å². The first-order valence-corrected chi connectivity index (χ1v) is 7.26. The molecule has 0 amide bonds. The molecule has 0 aromatic heterocycles. The minimum absolute atomic E-state index is 0.166. The molecule has 0 N–H and O–H groups in total. The number of Topliss-reactive ketones (excluding diaryl/α,β-unsaturated/α-hetero) is 1. The van der Waals surface area contributed by atoms with Crippen LogP contribution in [-0.2, 0) is 0 Å². The molecular weight excluding hydrogens is 389 g/mol. The molecule has 0 heterocycles. The number of nitrogens with zero attached hydrogens (tertiary/aromatic N) is 1. The van der Waals surface area contributed by atoms with Gasteiger partial charge >= 0.3 is 0 Å². The number of carbonyl (C=O) groups is 1. The number of carbonyl (C=O) groups excluding carboxylic acids is 1. The number of hydrogen-bond acceptors (Lipinski definition) is 2. The van der Waals surface area contributed by atoms with Crippen molar-refractivity contribution in [1.82, 2.24) is 0 Å². The molecule has 0 aliphatic rings. The van der Waals surface area contributed by atoms with Crippen molar-refractivity contribution in [2.24, 2.45) is 0 Å². The summed E-state index contributed by atoms with van der Waals surface area (Å²) in [6.45, 7) is 0. The van der Waals surface area contributed by atoms with Crippen LogP contribution in [0.3, 0.4) is 0 Å². The molecule has 0 radical (unpaired) electrons. The molecule has 0 aliphatic carbocycles. The number of halogens is 3. The van der Waals surface area contributed by atoms with Crippen molar-refractivity contribution in [1.29, 1.82) is 5.26 Å². The van der Waals surface area contributed by atoms with Crippen molar-refractivity contribution in [3.05, 3.63) is 68.4 Å². The van der Waals surface area contributed by atoms with Crippen molar-refractivity contribution in [2.75, 3.05) is 0 Å². The van der Waals surface area contributed by atoms with Crippen molar-refractivity contribution in [3.8, 4) is 6.07 Å². The molecule has 2 aromatic carbocycles. The lowest BCUT2D eigenvalue weighted by Gasteiger charge is -2.11. The molecule has 100 valence electrons. The molecule has 0 spiro atoms. The van der Waals surface area contributed by atoms with Gasteiger partial charge in [0.05, 0.1) is 6.07 Å². The highest BCUT2D eigenvalue weighted by Crippen LogP contribution is 2.28. The number of benzene rings is 2. The second-order valence-electron chi connectivity index (χ2n) is 4.11. The summed E-state index contributed by atoms with van der Waals surface area (Å²) in [5.74, 6) is -1.93. The Morgan fingerprint density at radius 2 is 1.90 bits per heavy atom. The third-order valence-corrected chi connectivity index (χ3v) is 3.93. The fourth-order valence-corrected chi connectivity index (χ4v) is 2.82. The van der Waals surface area contributed by atoms with Gasteiger partial charge in [0.25, 0.3) is 0 Å². The summed E-state index contributed by atoms with van der Waals surface area (Å²) in [6.07, 6.45) is 0. The normalized spacial score (nSPS) is 11.7. The predicted octanol–water partition coefficient (Wildman–Crippen LogP) is 4.84. The first-order chi connectivity index (χ1) is 9.52. The van der Waals surface area contributed by atoms with Crippen LogP contribution < -0.4 is 0 Å². The van der Waals surface area contributed by atoms with Crippen LogP contribution in [0.5, 0.6) is 0 Å². The maximum Gasteiger partial charge on any atom is 0.184 e. The van der Waals surface area contributed by atoms with Gasteiger partial charge in [-0.3, -0.25) is 4.79 Å². The van der Waals surface area contributed by atoms with Gasteiger partial charge in [-0.05, 0) is 29.8 Å². The van der Waals surface area contributed by atoms with E-state index in [1.54, 1.807) is 24.3 Å². The Bertz CT molecular complexity index is 689. The Morgan fingerprint density at radius 3 is 2.50 bits per heavy atom. The van der Waals surface area contributed by atoms with Crippen LogP contribution in [0, 0.1) is 17.1 Å². The van der Waals surface area contributed by atoms with Gasteiger partial charge in [-0.15, -0.1) is 0 Å². The second-order valence-corrected chi connectivity index (χ2v) is 5.88. The van der Waals surface area contributed by atoms with Crippen LogP contribution in [0.15, 0.2) is 51.4 Å². The summed E-state index contributed by atoms with van der Waals surface area (Å²) in [5, 5.41) is 9.28. The fraction of sp³-hybridized carbons (Fsp3) is 0.0667. The Balaban J connectivity index is 2.45. The molecule has 0 saturated carbocycles. The Morgan fingerprint density at radius 1 is 1.20 bits per heavy atom. The zero-order chi connectivity index (χ0) is 14.7. The van der Waals surface area contributed by atoms with Gasteiger partial charge in [-0.2, -0.15) is 5.26 Å². The highest BCUT2D eigenvalue weighted by molar-refractivity contribution is 9.10. The molecule has 5 heteroatoms. The lowest BCUT2D eigenvalue weighted by molar-refractivity contribution is 0.0978. The fourth-order valence-electron chi connectivity index (χ4n) is 1.84. The van der Waals surface area contributed by atoms with Crippen LogP contribution >= 0.6 is 31.9 Å². The molecule has 1 unspecified atom stereocenters. The molecule has 2 aromatic rings. The first kappa shape index (κ1) is 14.9. The largest absolute Gasteiger partial charge is 0.292 e. The van der Waals surface area contributed by atoms with E-state index in [1.165, 1.54) is 12.1 Å². The summed E-state index contributed by atoms with van der Waals surface area (Å²) in [4.78, 5) is 12.4. The van der Waals surface area contributed by atoms with Gasteiger partial charge in [-0.1, -0.05) is 50.1 Å². The van der Waals surface area contributed by atoms with E-state index in [1.807, 2.05) is 6.07 Å². The molecular formula is C15H8Br2FNO. The maximum absolute atomic E-state index is 13.4. The van der Waals surface area contributed by atoms with E-state index in [0.29, 0.717) is 14.5 Å². The van der Waals surface area contributed by atoms with Crippen molar-refractivity contribution < 1.29 is 9.18 Å². The second kappa shape index (κ2) is 6.29. The van der Waals surface area contributed by atoms with Gasteiger partial charge in [0.2, 0.25) is 0 Å². The van der Waals surface area contributed by atoms with Crippen molar-refractivity contribution in [3.63, 3.8) is 0 Å².